The lowest BCUT2D eigenvalue weighted by atomic mass is 10.0. The van der Waals surface area contributed by atoms with Crippen molar-refractivity contribution in [3.8, 4) is 17.0 Å². The molecule has 3 heterocycles. The van der Waals surface area contributed by atoms with Crippen molar-refractivity contribution in [2.24, 2.45) is 0 Å². The third-order valence-corrected chi connectivity index (χ3v) is 6.75. The summed E-state index contributed by atoms with van der Waals surface area (Å²) in [5.74, 6) is 0.325. The number of hydrogen-bond acceptors (Lipinski definition) is 5. The van der Waals surface area contributed by atoms with E-state index >= 15 is 0 Å². The second kappa shape index (κ2) is 7.69. The largest absolute Gasteiger partial charge is 0.495 e. The maximum Gasteiger partial charge on any atom is 0.262 e. The first-order chi connectivity index (χ1) is 15.4. The Morgan fingerprint density at radius 2 is 1.97 bits per heavy atom. The Hall–Kier alpha value is -3.85. The highest BCUT2D eigenvalue weighted by atomic mass is 32.2. The number of aryl methyl sites for hydroxylation is 1. The molecule has 2 aromatic carbocycles. The Morgan fingerprint density at radius 3 is 2.78 bits per heavy atom. The summed E-state index contributed by atoms with van der Waals surface area (Å²) < 4.78 is 36.2. The van der Waals surface area contributed by atoms with Crippen molar-refractivity contribution in [2.75, 3.05) is 17.1 Å². The average Bonchev–Trinajstić information content (AvgIpc) is 3.23. The zero-order chi connectivity index (χ0) is 22.3. The number of fused-ring (bicyclic) bond motifs is 2. The summed E-state index contributed by atoms with van der Waals surface area (Å²) >= 11 is 0. The van der Waals surface area contributed by atoms with E-state index in [0.29, 0.717) is 35.7 Å². The molecule has 1 amide bonds. The highest BCUT2D eigenvalue weighted by Gasteiger charge is 2.21. The molecule has 2 N–H and O–H groups in total. The predicted molar refractivity (Wildman–Crippen MR) is 121 cm³/mol. The number of benzene rings is 2. The smallest absolute Gasteiger partial charge is 0.262 e. The quantitative estimate of drug-likeness (QED) is 0.485. The van der Waals surface area contributed by atoms with Crippen LogP contribution in [0.25, 0.3) is 16.9 Å². The Kier molecular flexibility index (Phi) is 4.82. The number of pyridine rings is 1. The Balaban J connectivity index is 1.50. The number of nitrogens with zero attached hydrogens (tertiary/aromatic N) is 2. The van der Waals surface area contributed by atoms with Crippen LogP contribution in [-0.4, -0.2) is 30.8 Å². The van der Waals surface area contributed by atoms with E-state index < -0.39 is 10.0 Å². The van der Waals surface area contributed by atoms with Gasteiger partial charge in [0.25, 0.3) is 10.0 Å². The number of aromatic nitrogens is 2. The minimum absolute atomic E-state index is 0.0697. The van der Waals surface area contributed by atoms with Gasteiger partial charge in [-0.15, -0.1) is 0 Å². The molecule has 1 aliphatic heterocycles. The second-order valence-electron chi connectivity index (χ2n) is 7.48. The summed E-state index contributed by atoms with van der Waals surface area (Å²) in [4.78, 5) is 16.3. The van der Waals surface area contributed by atoms with Crippen LogP contribution in [0.15, 0.2) is 71.9 Å². The number of imidazole rings is 1. The number of rotatable bonds is 5. The minimum Gasteiger partial charge on any atom is -0.495 e. The van der Waals surface area contributed by atoms with Crippen LogP contribution < -0.4 is 14.8 Å². The number of hydrogen-bond donors (Lipinski definition) is 2. The number of sulfonamides is 1. The van der Waals surface area contributed by atoms with Gasteiger partial charge in [0.2, 0.25) is 5.91 Å². The fraction of sp³-hybridized carbons (Fsp3) is 0.130. The van der Waals surface area contributed by atoms with Crippen LogP contribution in [0.3, 0.4) is 0 Å². The molecule has 1 aliphatic rings. The van der Waals surface area contributed by atoms with Crippen LogP contribution >= 0.6 is 0 Å². The number of amides is 1. The number of ether oxygens (including phenoxy) is 1. The van der Waals surface area contributed by atoms with E-state index in [0.717, 1.165) is 16.8 Å². The van der Waals surface area contributed by atoms with Gasteiger partial charge in [-0.2, -0.15) is 0 Å². The van der Waals surface area contributed by atoms with E-state index in [2.05, 4.69) is 15.0 Å². The van der Waals surface area contributed by atoms with Crippen molar-refractivity contribution in [2.45, 2.75) is 17.7 Å². The molecular weight excluding hydrogens is 428 g/mol. The number of nitrogens with one attached hydrogen (secondary N) is 2. The topological polar surface area (TPSA) is 102 Å². The number of anilines is 2. The molecule has 0 aliphatic carbocycles. The van der Waals surface area contributed by atoms with Crippen molar-refractivity contribution in [1.29, 1.82) is 0 Å². The molecular formula is C23H20N4O4S. The summed E-state index contributed by atoms with van der Waals surface area (Å²) in [6.07, 6.45) is 4.61. The molecule has 2 aromatic heterocycles. The van der Waals surface area contributed by atoms with Crippen LogP contribution in [0.4, 0.5) is 11.4 Å². The monoisotopic (exact) mass is 448 g/mol. The first-order valence-electron chi connectivity index (χ1n) is 10.0. The highest BCUT2D eigenvalue weighted by molar-refractivity contribution is 7.92. The predicted octanol–water partition coefficient (Wildman–Crippen LogP) is 3.70. The SMILES string of the molecule is COc1ccc(-c2cn3ccccc3n2)cc1NS(=O)(=O)c1ccc2c(c1)CCC(=O)N2. The highest BCUT2D eigenvalue weighted by Crippen LogP contribution is 2.33. The van der Waals surface area contributed by atoms with Gasteiger partial charge in [-0.1, -0.05) is 6.07 Å². The standard InChI is InChI=1S/C23H20N4O4S/c1-31-21-9-5-16(20-14-27-11-3-2-4-22(27)24-20)13-19(21)26-32(29,30)17-7-8-18-15(12-17)6-10-23(28)25-18/h2-5,7-9,11-14,26H,6,10H2,1H3,(H,25,28). The number of methoxy groups -OCH3 is 1. The molecule has 5 rings (SSSR count). The van der Waals surface area contributed by atoms with Gasteiger partial charge in [0.05, 0.1) is 23.4 Å². The number of carbonyl (C=O) groups is 1. The van der Waals surface area contributed by atoms with E-state index in [4.69, 9.17) is 4.74 Å². The fourth-order valence-corrected chi connectivity index (χ4v) is 4.86. The minimum atomic E-state index is -3.88. The van der Waals surface area contributed by atoms with E-state index in [1.54, 1.807) is 24.3 Å². The summed E-state index contributed by atoms with van der Waals surface area (Å²) in [5, 5.41) is 2.76. The molecule has 8 nitrogen and oxygen atoms in total. The van der Waals surface area contributed by atoms with Crippen molar-refractivity contribution < 1.29 is 17.9 Å². The van der Waals surface area contributed by atoms with Crippen molar-refractivity contribution in [3.63, 3.8) is 0 Å². The van der Waals surface area contributed by atoms with E-state index in [1.807, 2.05) is 41.1 Å². The van der Waals surface area contributed by atoms with Gasteiger partial charge in [0.1, 0.15) is 11.4 Å². The van der Waals surface area contributed by atoms with Gasteiger partial charge in [-0.3, -0.25) is 9.52 Å². The molecule has 0 saturated heterocycles. The lowest BCUT2D eigenvalue weighted by Gasteiger charge is -2.18. The third kappa shape index (κ3) is 3.67. The Labute approximate surface area is 184 Å². The molecule has 0 unspecified atom stereocenters. The Morgan fingerprint density at radius 1 is 1.09 bits per heavy atom. The zero-order valence-electron chi connectivity index (χ0n) is 17.2. The Bertz CT molecular complexity index is 1430. The summed E-state index contributed by atoms with van der Waals surface area (Å²) in [6, 6.07) is 15.7. The van der Waals surface area contributed by atoms with Crippen LogP contribution in [0.1, 0.15) is 12.0 Å². The molecule has 0 saturated carbocycles. The van der Waals surface area contributed by atoms with E-state index in [9.17, 15) is 13.2 Å². The molecule has 162 valence electrons. The normalized spacial score (nSPS) is 13.5. The molecule has 4 aromatic rings. The van der Waals surface area contributed by atoms with Crippen molar-refractivity contribution in [1.82, 2.24) is 9.38 Å². The summed E-state index contributed by atoms with van der Waals surface area (Å²) in [5.41, 5.74) is 4.00. The van der Waals surface area contributed by atoms with Crippen LogP contribution in [0, 0.1) is 0 Å². The van der Waals surface area contributed by atoms with E-state index in [-0.39, 0.29) is 10.8 Å². The first kappa shape index (κ1) is 20.1. The molecule has 9 heteroatoms. The van der Waals surface area contributed by atoms with Crippen molar-refractivity contribution >= 4 is 33.0 Å². The molecule has 0 spiro atoms. The first-order valence-corrected chi connectivity index (χ1v) is 11.5. The fourth-order valence-electron chi connectivity index (χ4n) is 3.75. The van der Waals surface area contributed by atoms with Gasteiger partial charge >= 0.3 is 0 Å². The zero-order valence-corrected chi connectivity index (χ0v) is 18.0. The molecule has 32 heavy (non-hydrogen) atoms. The molecule has 0 bridgehead atoms. The van der Waals surface area contributed by atoms with Crippen LogP contribution in [0.2, 0.25) is 0 Å². The maximum absolute atomic E-state index is 13.1. The van der Waals surface area contributed by atoms with Gasteiger partial charge in [-0.25, -0.2) is 13.4 Å². The maximum atomic E-state index is 13.1. The van der Waals surface area contributed by atoms with Gasteiger partial charge in [0, 0.05) is 30.1 Å². The van der Waals surface area contributed by atoms with Gasteiger partial charge in [-0.05, 0) is 60.5 Å². The molecule has 0 atom stereocenters. The van der Waals surface area contributed by atoms with Crippen LogP contribution in [0.5, 0.6) is 5.75 Å². The van der Waals surface area contributed by atoms with E-state index in [1.165, 1.54) is 13.2 Å². The number of carbonyl (C=O) groups excluding carboxylic acids is 1. The summed E-state index contributed by atoms with van der Waals surface area (Å²) in [6.45, 7) is 0. The molecule has 0 fully saturated rings. The van der Waals surface area contributed by atoms with Crippen molar-refractivity contribution in [3.05, 3.63) is 72.6 Å². The molecule has 0 radical (unpaired) electrons. The lowest BCUT2D eigenvalue weighted by Crippen LogP contribution is -2.20. The summed E-state index contributed by atoms with van der Waals surface area (Å²) in [7, 11) is -2.40. The third-order valence-electron chi connectivity index (χ3n) is 5.39. The van der Waals surface area contributed by atoms with Gasteiger partial charge < -0.3 is 14.5 Å². The van der Waals surface area contributed by atoms with Gasteiger partial charge in [0.15, 0.2) is 0 Å². The lowest BCUT2D eigenvalue weighted by molar-refractivity contribution is -0.116. The average molecular weight is 449 g/mol. The second-order valence-corrected chi connectivity index (χ2v) is 9.16. The van der Waals surface area contributed by atoms with Crippen LogP contribution in [-0.2, 0) is 21.2 Å².